The number of unbranched alkanes of at least 4 members (excludes halogenated alkanes) is 10. The van der Waals surface area contributed by atoms with Crippen LogP contribution in [0.2, 0.25) is 0 Å². The van der Waals surface area contributed by atoms with Crippen molar-refractivity contribution in [2.24, 2.45) is 0 Å². The average Bonchev–Trinajstić information content (AvgIpc) is 2.46. The summed E-state index contributed by atoms with van der Waals surface area (Å²) in [6, 6.07) is 0. The third kappa shape index (κ3) is 11.2. The molecule has 0 bridgehead atoms. The van der Waals surface area contributed by atoms with Crippen LogP contribution in [0.25, 0.3) is 0 Å². The SMILES string of the molecule is CCCCCCCCC(O)(CCCCCCCC)C(C)O. The molecule has 1 atom stereocenters. The molecule has 0 aromatic carbocycles. The zero-order chi connectivity index (χ0) is 16.0. The van der Waals surface area contributed by atoms with E-state index in [4.69, 9.17) is 0 Å². The van der Waals surface area contributed by atoms with Gasteiger partial charge in [0.25, 0.3) is 0 Å². The molecule has 0 saturated carbocycles. The zero-order valence-corrected chi connectivity index (χ0v) is 14.9. The van der Waals surface area contributed by atoms with E-state index in [1.165, 1.54) is 64.2 Å². The molecule has 0 heterocycles. The summed E-state index contributed by atoms with van der Waals surface area (Å²) in [6.45, 7) is 6.20. The Morgan fingerprint density at radius 1 is 0.667 bits per heavy atom. The van der Waals surface area contributed by atoms with Crippen LogP contribution >= 0.6 is 0 Å². The molecule has 0 aliphatic heterocycles. The fourth-order valence-corrected chi connectivity index (χ4v) is 2.97. The van der Waals surface area contributed by atoms with E-state index in [9.17, 15) is 10.2 Å². The number of hydrogen-bond acceptors (Lipinski definition) is 2. The molecule has 0 spiro atoms. The lowest BCUT2D eigenvalue weighted by Gasteiger charge is -2.31. The minimum Gasteiger partial charge on any atom is -0.390 e. The maximum absolute atomic E-state index is 10.6. The van der Waals surface area contributed by atoms with Crippen LogP contribution < -0.4 is 0 Å². The fourth-order valence-electron chi connectivity index (χ4n) is 2.97. The average molecular weight is 301 g/mol. The maximum Gasteiger partial charge on any atom is 0.0902 e. The number of aliphatic hydroxyl groups is 2. The van der Waals surface area contributed by atoms with Gasteiger partial charge in [-0.3, -0.25) is 0 Å². The van der Waals surface area contributed by atoms with Crippen molar-refractivity contribution >= 4 is 0 Å². The van der Waals surface area contributed by atoms with E-state index in [1.807, 2.05) is 0 Å². The van der Waals surface area contributed by atoms with Crippen molar-refractivity contribution in [1.29, 1.82) is 0 Å². The Bertz CT molecular complexity index is 198. The van der Waals surface area contributed by atoms with Gasteiger partial charge in [-0.05, 0) is 19.8 Å². The summed E-state index contributed by atoms with van der Waals surface area (Å²) in [4.78, 5) is 0. The molecule has 0 amide bonds. The van der Waals surface area contributed by atoms with Gasteiger partial charge in [0, 0.05) is 0 Å². The summed E-state index contributed by atoms with van der Waals surface area (Å²) in [5.74, 6) is 0. The van der Waals surface area contributed by atoms with Gasteiger partial charge in [0.15, 0.2) is 0 Å². The monoisotopic (exact) mass is 300 g/mol. The van der Waals surface area contributed by atoms with E-state index in [2.05, 4.69) is 13.8 Å². The largest absolute Gasteiger partial charge is 0.390 e. The molecule has 0 radical (unpaired) electrons. The number of rotatable bonds is 15. The molecule has 2 N–H and O–H groups in total. The van der Waals surface area contributed by atoms with Crippen molar-refractivity contribution in [2.75, 3.05) is 0 Å². The molecule has 0 aromatic rings. The van der Waals surface area contributed by atoms with Crippen LogP contribution in [0.15, 0.2) is 0 Å². The molecule has 2 heteroatoms. The van der Waals surface area contributed by atoms with Crippen molar-refractivity contribution < 1.29 is 10.2 Å². The maximum atomic E-state index is 10.6. The Labute approximate surface area is 133 Å². The van der Waals surface area contributed by atoms with Crippen LogP contribution in [0, 0.1) is 0 Å². The van der Waals surface area contributed by atoms with Crippen LogP contribution in [0.4, 0.5) is 0 Å². The molecule has 2 nitrogen and oxygen atoms in total. The summed E-state index contributed by atoms with van der Waals surface area (Å²) >= 11 is 0. The smallest absolute Gasteiger partial charge is 0.0902 e. The highest BCUT2D eigenvalue weighted by Crippen LogP contribution is 2.26. The predicted octanol–water partition coefficient (Wildman–Crippen LogP) is 5.60. The van der Waals surface area contributed by atoms with Crippen LogP contribution in [0.3, 0.4) is 0 Å². The molecule has 21 heavy (non-hydrogen) atoms. The van der Waals surface area contributed by atoms with E-state index in [0.717, 1.165) is 25.7 Å². The standard InChI is InChI=1S/C19H40O2/c1-4-6-8-10-12-14-16-19(21,18(3)20)17-15-13-11-9-7-5-2/h18,20-21H,4-17H2,1-3H3. The zero-order valence-electron chi connectivity index (χ0n) is 14.9. The second-order valence-electron chi connectivity index (χ2n) is 6.82. The lowest BCUT2D eigenvalue weighted by Crippen LogP contribution is -2.40. The van der Waals surface area contributed by atoms with E-state index in [-0.39, 0.29) is 0 Å². The molecule has 0 saturated heterocycles. The normalized spacial score (nSPS) is 13.6. The van der Waals surface area contributed by atoms with Crippen LogP contribution in [0.5, 0.6) is 0 Å². The van der Waals surface area contributed by atoms with E-state index in [1.54, 1.807) is 6.92 Å². The summed E-state index contributed by atoms with van der Waals surface area (Å²) in [6.07, 6.45) is 15.7. The highest BCUT2D eigenvalue weighted by atomic mass is 16.3. The highest BCUT2D eigenvalue weighted by molar-refractivity contribution is 4.83. The quantitative estimate of drug-likeness (QED) is 0.386. The Morgan fingerprint density at radius 2 is 1.00 bits per heavy atom. The van der Waals surface area contributed by atoms with E-state index in [0.29, 0.717) is 0 Å². The van der Waals surface area contributed by atoms with Gasteiger partial charge in [-0.15, -0.1) is 0 Å². The van der Waals surface area contributed by atoms with Crippen molar-refractivity contribution in [3.05, 3.63) is 0 Å². The minimum atomic E-state index is -0.852. The van der Waals surface area contributed by atoms with Crippen molar-refractivity contribution in [3.8, 4) is 0 Å². The molecule has 1 unspecified atom stereocenters. The highest BCUT2D eigenvalue weighted by Gasteiger charge is 2.31. The van der Waals surface area contributed by atoms with Crippen LogP contribution in [-0.4, -0.2) is 21.9 Å². The fraction of sp³-hybridized carbons (Fsp3) is 1.00. The Hall–Kier alpha value is -0.0800. The molecular weight excluding hydrogens is 260 g/mol. The van der Waals surface area contributed by atoms with Crippen molar-refractivity contribution in [1.82, 2.24) is 0 Å². The third-order valence-electron chi connectivity index (χ3n) is 4.70. The first-order chi connectivity index (χ1) is 10.1. The lowest BCUT2D eigenvalue weighted by atomic mass is 9.85. The van der Waals surface area contributed by atoms with Crippen LogP contribution in [0.1, 0.15) is 111 Å². The predicted molar refractivity (Wildman–Crippen MR) is 92.6 cm³/mol. The van der Waals surface area contributed by atoms with E-state index < -0.39 is 11.7 Å². The van der Waals surface area contributed by atoms with Gasteiger partial charge in [0.05, 0.1) is 11.7 Å². The summed E-state index contributed by atoms with van der Waals surface area (Å²) in [7, 11) is 0. The third-order valence-corrected chi connectivity index (χ3v) is 4.70. The minimum absolute atomic E-state index is 0.608. The van der Waals surface area contributed by atoms with Gasteiger partial charge >= 0.3 is 0 Å². The number of aliphatic hydroxyl groups excluding tert-OH is 1. The first kappa shape index (κ1) is 20.9. The Balaban J connectivity index is 3.79. The Kier molecular flexibility index (Phi) is 13.5. The van der Waals surface area contributed by atoms with Crippen molar-refractivity contribution in [2.45, 2.75) is 122 Å². The van der Waals surface area contributed by atoms with Gasteiger partial charge in [-0.1, -0.05) is 90.9 Å². The van der Waals surface area contributed by atoms with Crippen molar-refractivity contribution in [3.63, 3.8) is 0 Å². The first-order valence-electron chi connectivity index (χ1n) is 9.47. The van der Waals surface area contributed by atoms with Gasteiger partial charge in [-0.2, -0.15) is 0 Å². The Morgan fingerprint density at radius 3 is 1.33 bits per heavy atom. The van der Waals surface area contributed by atoms with Gasteiger partial charge in [-0.25, -0.2) is 0 Å². The lowest BCUT2D eigenvalue weighted by molar-refractivity contribution is -0.0798. The topological polar surface area (TPSA) is 40.5 Å². The van der Waals surface area contributed by atoms with E-state index >= 15 is 0 Å². The molecule has 0 fully saturated rings. The van der Waals surface area contributed by atoms with Gasteiger partial charge in [0.2, 0.25) is 0 Å². The second-order valence-corrected chi connectivity index (χ2v) is 6.82. The van der Waals surface area contributed by atoms with Crippen LogP contribution in [-0.2, 0) is 0 Å². The summed E-state index contributed by atoms with van der Waals surface area (Å²) in [5.41, 5.74) is -0.852. The van der Waals surface area contributed by atoms with Gasteiger partial charge < -0.3 is 10.2 Å². The molecular formula is C19H40O2. The molecule has 0 rings (SSSR count). The summed E-state index contributed by atoms with van der Waals surface area (Å²) in [5, 5.41) is 20.5. The number of hydrogen-bond donors (Lipinski definition) is 2. The first-order valence-corrected chi connectivity index (χ1v) is 9.47. The molecule has 0 aliphatic rings. The summed E-state index contributed by atoms with van der Waals surface area (Å²) < 4.78 is 0. The molecule has 0 aromatic heterocycles. The van der Waals surface area contributed by atoms with Gasteiger partial charge in [0.1, 0.15) is 0 Å². The molecule has 0 aliphatic carbocycles. The molecule has 128 valence electrons. The second kappa shape index (κ2) is 13.6.